The first-order valence-corrected chi connectivity index (χ1v) is 12.2. The molecule has 1 aliphatic rings. The Labute approximate surface area is 197 Å². The largest absolute Gasteiger partial charge is 0.338 e. The fourth-order valence-corrected chi connectivity index (χ4v) is 4.90. The van der Waals surface area contributed by atoms with Crippen molar-refractivity contribution >= 4 is 44.8 Å². The zero-order valence-electron chi connectivity index (χ0n) is 17.6. The van der Waals surface area contributed by atoms with Crippen LogP contribution in [0.4, 0.5) is 11.4 Å². The number of carbonyl (C=O) groups is 2. The number of likely N-dealkylation sites (tertiary alicyclic amines) is 1. The molecular weight excluding hydrogens is 462 g/mol. The van der Waals surface area contributed by atoms with Crippen LogP contribution in [0.3, 0.4) is 0 Å². The van der Waals surface area contributed by atoms with Crippen LogP contribution in [0.2, 0.25) is 5.02 Å². The number of anilines is 2. The standard InChI is InChI=1S/C24H22ClN3O4S/c25-19-7-3-9-21(15-19)27-33(31,32)22-10-2-6-18(14-22)24(30)26-20-8-1-5-17(13-20)16-28-12-4-11-23(28)29/h1-3,5-10,13-15,27H,4,11-12,16H2,(H,26,30). The minimum absolute atomic E-state index is 0.0450. The molecule has 0 spiro atoms. The van der Waals surface area contributed by atoms with Crippen molar-refractivity contribution in [2.45, 2.75) is 24.3 Å². The van der Waals surface area contributed by atoms with Crippen molar-refractivity contribution in [2.75, 3.05) is 16.6 Å². The van der Waals surface area contributed by atoms with Crippen LogP contribution < -0.4 is 10.0 Å². The average Bonchev–Trinajstić information content (AvgIpc) is 3.18. The molecule has 1 saturated heterocycles. The Bertz CT molecular complexity index is 1310. The number of nitrogens with zero attached hydrogens (tertiary/aromatic N) is 1. The SMILES string of the molecule is O=C(Nc1cccc(CN2CCCC2=O)c1)c1cccc(S(=O)(=O)Nc2cccc(Cl)c2)c1. The molecule has 0 bridgehead atoms. The Balaban J connectivity index is 1.48. The maximum absolute atomic E-state index is 12.8. The van der Waals surface area contributed by atoms with Crippen LogP contribution in [0.15, 0.2) is 77.7 Å². The van der Waals surface area contributed by atoms with E-state index in [2.05, 4.69) is 10.0 Å². The number of rotatable bonds is 7. The number of hydrogen-bond acceptors (Lipinski definition) is 4. The fraction of sp³-hybridized carbons (Fsp3) is 0.167. The highest BCUT2D eigenvalue weighted by atomic mass is 35.5. The Morgan fingerprint density at radius 3 is 2.48 bits per heavy atom. The third kappa shape index (κ3) is 5.71. The zero-order chi connectivity index (χ0) is 23.4. The zero-order valence-corrected chi connectivity index (χ0v) is 19.2. The lowest BCUT2D eigenvalue weighted by atomic mass is 10.1. The number of hydrogen-bond donors (Lipinski definition) is 2. The third-order valence-corrected chi connectivity index (χ3v) is 6.83. The molecule has 0 aromatic heterocycles. The lowest BCUT2D eigenvalue weighted by molar-refractivity contribution is -0.128. The minimum atomic E-state index is -3.91. The van der Waals surface area contributed by atoms with E-state index >= 15 is 0 Å². The van der Waals surface area contributed by atoms with Gasteiger partial charge in [-0.2, -0.15) is 0 Å². The maximum Gasteiger partial charge on any atom is 0.261 e. The summed E-state index contributed by atoms with van der Waals surface area (Å²) in [6, 6.07) is 19.4. The molecule has 7 nitrogen and oxygen atoms in total. The normalized spacial score (nSPS) is 13.7. The van der Waals surface area contributed by atoms with Crippen LogP contribution in [0.1, 0.15) is 28.8 Å². The van der Waals surface area contributed by atoms with Gasteiger partial charge in [0.2, 0.25) is 5.91 Å². The van der Waals surface area contributed by atoms with Crippen molar-refractivity contribution in [3.05, 3.63) is 88.9 Å². The van der Waals surface area contributed by atoms with Gasteiger partial charge in [-0.05, 0) is 60.5 Å². The van der Waals surface area contributed by atoms with Crippen molar-refractivity contribution in [3.8, 4) is 0 Å². The molecule has 1 fully saturated rings. The highest BCUT2D eigenvalue weighted by Crippen LogP contribution is 2.21. The van der Waals surface area contributed by atoms with Gasteiger partial charge in [0.15, 0.2) is 0 Å². The second-order valence-corrected chi connectivity index (χ2v) is 9.84. The summed E-state index contributed by atoms with van der Waals surface area (Å²) in [6.07, 6.45) is 1.43. The van der Waals surface area contributed by atoms with E-state index in [0.717, 1.165) is 18.5 Å². The van der Waals surface area contributed by atoms with Gasteiger partial charge < -0.3 is 10.2 Å². The molecular formula is C24H22ClN3O4S. The van der Waals surface area contributed by atoms with Crippen LogP contribution in [-0.2, 0) is 21.4 Å². The topological polar surface area (TPSA) is 95.6 Å². The molecule has 170 valence electrons. The van der Waals surface area contributed by atoms with Crippen molar-refractivity contribution in [2.24, 2.45) is 0 Å². The molecule has 0 aliphatic carbocycles. The lowest BCUT2D eigenvalue weighted by Gasteiger charge is -2.16. The number of carbonyl (C=O) groups excluding carboxylic acids is 2. The van der Waals surface area contributed by atoms with Crippen molar-refractivity contribution in [3.63, 3.8) is 0 Å². The molecule has 0 atom stereocenters. The first-order chi connectivity index (χ1) is 15.8. The molecule has 4 rings (SSSR count). The van der Waals surface area contributed by atoms with E-state index in [9.17, 15) is 18.0 Å². The van der Waals surface area contributed by atoms with Gasteiger partial charge in [0.25, 0.3) is 15.9 Å². The van der Waals surface area contributed by atoms with Gasteiger partial charge in [-0.25, -0.2) is 8.42 Å². The summed E-state index contributed by atoms with van der Waals surface area (Å²) in [5, 5.41) is 3.20. The van der Waals surface area contributed by atoms with Gasteiger partial charge in [-0.1, -0.05) is 35.9 Å². The van der Waals surface area contributed by atoms with Gasteiger partial charge in [0, 0.05) is 35.8 Å². The summed E-state index contributed by atoms with van der Waals surface area (Å²) in [7, 11) is -3.91. The lowest BCUT2D eigenvalue weighted by Crippen LogP contribution is -2.23. The number of sulfonamides is 1. The van der Waals surface area contributed by atoms with E-state index in [1.54, 1.807) is 41.3 Å². The summed E-state index contributed by atoms with van der Waals surface area (Å²) in [6.45, 7) is 1.23. The van der Waals surface area contributed by atoms with Crippen LogP contribution in [0.25, 0.3) is 0 Å². The van der Waals surface area contributed by atoms with Gasteiger partial charge in [0.05, 0.1) is 10.6 Å². The smallest absolute Gasteiger partial charge is 0.261 e. The Hall–Kier alpha value is -3.36. The fourth-order valence-electron chi connectivity index (χ4n) is 3.61. The summed E-state index contributed by atoms with van der Waals surface area (Å²) in [5.74, 6) is -0.307. The van der Waals surface area contributed by atoms with E-state index in [4.69, 9.17) is 11.6 Å². The molecule has 3 aromatic rings. The van der Waals surface area contributed by atoms with Crippen LogP contribution >= 0.6 is 11.6 Å². The molecule has 2 N–H and O–H groups in total. The van der Waals surface area contributed by atoms with Crippen LogP contribution in [0.5, 0.6) is 0 Å². The van der Waals surface area contributed by atoms with Crippen LogP contribution in [-0.4, -0.2) is 31.7 Å². The predicted octanol–water partition coefficient (Wildman–Crippen LogP) is 4.52. The van der Waals surface area contributed by atoms with E-state index < -0.39 is 15.9 Å². The molecule has 1 aliphatic heterocycles. The van der Waals surface area contributed by atoms with Gasteiger partial charge in [-0.15, -0.1) is 0 Å². The molecule has 0 unspecified atom stereocenters. The highest BCUT2D eigenvalue weighted by Gasteiger charge is 2.20. The molecule has 1 heterocycles. The predicted molar refractivity (Wildman–Crippen MR) is 128 cm³/mol. The van der Waals surface area contributed by atoms with E-state index in [0.29, 0.717) is 29.4 Å². The third-order valence-electron chi connectivity index (χ3n) is 5.21. The monoisotopic (exact) mass is 483 g/mol. The Kier molecular flexibility index (Phi) is 6.67. The Morgan fingerprint density at radius 1 is 0.970 bits per heavy atom. The van der Waals surface area contributed by atoms with Crippen molar-refractivity contribution in [1.29, 1.82) is 0 Å². The first-order valence-electron chi connectivity index (χ1n) is 10.4. The quantitative estimate of drug-likeness (QED) is 0.516. The first kappa shape index (κ1) is 22.8. The van der Waals surface area contributed by atoms with E-state index in [1.165, 1.54) is 24.3 Å². The van der Waals surface area contributed by atoms with Crippen LogP contribution in [0, 0.1) is 0 Å². The average molecular weight is 484 g/mol. The molecule has 2 amide bonds. The van der Waals surface area contributed by atoms with E-state index in [1.807, 2.05) is 12.1 Å². The molecule has 0 radical (unpaired) electrons. The molecule has 3 aromatic carbocycles. The number of nitrogens with one attached hydrogen (secondary N) is 2. The summed E-state index contributed by atoms with van der Waals surface area (Å²) in [5.41, 5.74) is 1.99. The second kappa shape index (κ2) is 9.64. The van der Waals surface area contributed by atoms with E-state index in [-0.39, 0.29) is 16.4 Å². The minimum Gasteiger partial charge on any atom is -0.338 e. The summed E-state index contributed by atoms with van der Waals surface area (Å²) < 4.78 is 28.0. The van der Waals surface area contributed by atoms with Crippen molar-refractivity contribution in [1.82, 2.24) is 4.90 Å². The summed E-state index contributed by atoms with van der Waals surface area (Å²) >= 11 is 5.92. The summed E-state index contributed by atoms with van der Waals surface area (Å²) in [4.78, 5) is 26.4. The maximum atomic E-state index is 12.8. The molecule has 33 heavy (non-hydrogen) atoms. The Morgan fingerprint density at radius 2 is 1.73 bits per heavy atom. The second-order valence-electron chi connectivity index (χ2n) is 7.72. The highest BCUT2D eigenvalue weighted by molar-refractivity contribution is 7.92. The molecule has 9 heteroatoms. The number of benzene rings is 3. The van der Waals surface area contributed by atoms with Gasteiger partial charge >= 0.3 is 0 Å². The number of amides is 2. The van der Waals surface area contributed by atoms with Gasteiger partial charge in [-0.3, -0.25) is 14.3 Å². The number of halogens is 1. The van der Waals surface area contributed by atoms with Gasteiger partial charge in [0.1, 0.15) is 0 Å². The van der Waals surface area contributed by atoms with Crippen molar-refractivity contribution < 1.29 is 18.0 Å². The molecule has 0 saturated carbocycles.